The minimum Gasteiger partial charge on any atom is -0.469 e. The third kappa shape index (κ3) is 3.32. The highest BCUT2D eigenvalue weighted by atomic mass is 32.2. The first-order valence-electron chi connectivity index (χ1n) is 11.5. The van der Waals surface area contributed by atoms with Gasteiger partial charge in [0.05, 0.1) is 29.3 Å². The number of hydrogen-bond acceptors (Lipinski definition) is 6. The summed E-state index contributed by atoms with van der Waals surface area (Å²) in [5.41, 5.74) is 2.87. The quantitative estimate of drug-likeness (QED) is 0.400. The van der Waals surface area contributed by atoms with Crippen LogP contribution in [0.15, 0.2) is 89.8 Å². The molecule has 1 saturated heterocycles. The number of aromatic nitrogens is 1. The largest absolute Gasteiger partial charge is 0.469 e. The number of fused-ring (bicyclic) bond motifs is 6. The summed E-state index contributed by atoms with van der Waals surface area (Å²) in [6.45, 7) is 0.510. The van der Waals surface area contributed by atoms with Gasteiger partial charge in [0, 0.05) is 11.9 Å². The summed E-state index contributed by atoms with van der Waals surface area (Å²) in [6.07, 6.45) is -0.239. The zero-order chi connectivity index (χ0) is 24.2. The summed E-state index contributed by atoms with van der Waals surface area (Å²) < 4.78 is 34.7. The molecule has 4 aromatic rings. The third-order valence-electron chi connectivity index (χ3n) is 6.95. The number of para-hydroxylation sites is 1. The van der Waals surface area contributed by atoms with Gasteiger partial charge in [-0.1, -0.05) is 66.7 Å². The van der Waals surface area contributed by atoms with Crippen LogP contribution in [0.2, 0.25) is 0 Å². The highest BCUT2D eigenvalue weighted by Gasteiger charge is 2.53. The number of hydroxylamine groups is 2. The zero-order valence-electron chi connectivity index (χ0n) is 19.1. The van der Waals surface area contributed by atoms with E-state index in [1.807, 2.05) is 53.6 Å². The first-order chi connectivity index (χ1) is 17.0. The molecule has 4 atom stereocenters. The lowest BCUT2D eigenvalue weighted by molar-refractivity contribution is -0.163. The Kier molecular flexibility index (Phi) is 5.25. The van der Waals surface area contributed by atoms with Crippen LogP contribution in [-0.4, -0.2) is 37.1 Å². The van der Waals surface area contributed by atoms with Crippen molar-refractivity contribution in [2.24, 2.45) is 5.92 Å². The van der Waals surface area contributed by atoms with E-state index < -0.39 is 34.1 Å². The Hall–Kier alpha value is -3.46. The lowest BCUT2D eigenvalue weighted by atomic mass is 9.85. The average Bonchev–Trinajstić information content (AvgIpc) is 3.37. The van der Waals surface area contributed by atoms with E-state index in [0.29, 0.717) is 24.2 Å². The highest BCUT2D eigenvalue weighted by Crippen LogP contribution is 2.52. The number of esters is 1. The average molecular weight is 489 g/mol. The Labute approximate surface area is 203 Å². The maximum absolute atomic E-state index is 14.0. The van der Waals surface area contributed by atoms with Crippen LogP contribution < -0.4 is 0 Å². The van der Waals surface area contributed by atoms with Gasteiger partial charge in [-0.3, -0.25) is 9.63 Å². The monoisotopic (exact) mass is 488 g/mol. The predicted octanol–water partition coefficient (Wildman–Crippen LogP) is 4.25. The molecule has 0 N–H and O–H groups in total. The van der Waals surface area contributed by atoms with Crippen LogP contribution in [-0.2, 0) is 30.8 Å². The molecule has 0 radical (unpaired) electrons. The summed E-state index contributed by atoms with van der Waals surface area (Å²) >= 11 is 0. The van der Waals surface area contributed by atoms with Gasteiger partial charge in [-0.25, -0.2) is 12.4 Å². The molecule has 7 nitrogen and oxygen atoms in total. The molecule has 6 rings (SSSR count). The van der Waals surface area contributed by atoms with Crippen LogP contribution in [0.25, 0.3) is 10.9 Å². The zero-order valence-corrected chi connectivity index (χ0v) is 19.9. The fraction of sp³-hybridized carbons (Fsp3) is 0.222. The normalized spacial score (nSPS) is 23.6. The van der Waals surface area contributed by atoms with Gasteiger partial charge in [0.2, 0.25) is 0 Å². The Balaban J connectivity index is 1.63. The van der Waals surface area contributed by atoms with E-state index in [9.17, 15) is 13.2 Å². The molecule has 3 aromatic carbocycles. The number of hydrogen-bond donors (Lipinski definition) is 0. The van der Waals surface area contributed by atoms with Gasteiger partial charge >= 0.3 is 5.97 Å². The summed E-state index contributed by atoms with van der Waals surface area (Å²) in [7, 11) is -2.62. The Morgan fingerprint density at radius 2 is 1.60 bits per heavy atom. The number of carbonyl (C=O) groups excluding carboxylic acids is 1. The molecule has 3 heterocycles. The van der Waals surface area contributed by atoms with Crippen molar-refractivity contribution in [3.05, 3.63) is 102 Å². The van der Waals surface area contributed by atoms with Crippen molar-refractivity contribution in [1.82, 2.24) is 9.04 Å². The molecular formula is C27H24N2O5S. The van der Waals surface area contributed by atoms with Crippen molar-refractivity contribution in [2.75, 3.05) is 13.7 Å². The van der Waals surface area contributed by atoms with Crippen LogP contribution in [0.5, 0.6) is 0 Å². The second-order valence-electron chi connectivity index (χ2n) is 8.78. The van der Waals surface area contributed by atoms with Crippen molar-refractivity contribution in [3.63, 3.8) is 0 Å². The van der Waals surface area contributed by atoms with E-state index in [1.165, 1.54) is 11.1 Å². The van der Waals surface area contributed by atoms with Crippen molar-refractivity contribution in [3.8, 4) is 0 Å². The van der Waals surface area contributed by atoms with Gasteiger partial charge in [-0.2, -0.15) is 5.06 Å². The highest BCUT2D eigenvalue weighted by molar-refractivity contribution is 7.90. The van der Waals surface area contributed by atoms with Gasteiger partial charge in [0.1, 0.15) is 12.0 Å². The molecule has 8 heteroatoms. The van der Waals surface area contributed by atoms with Gasteiger partial charge in [-0.15, -0.1) is 0 Å². The van der Waals surface area contributed by atoms with E-state index in [1.54, 1.807) is 36.4 Å². The molecule has 35 heavy (non-hydrogen) atoms. The number of methoxy groups -OCH3 is 1. The topological polar surface area (TPSA) is 77.8 Å². The fourth-order valence-electron chi connectivity index (χ4n) is 5.47. The predicted molar refractivity (Wildman–Crippen MR) is 130 cm³/mol. The molecule has 0 saturated carbocycles. The Bertz CT molecular complexity index is 1520. The summed E-state index contributed by atoms with van der Waals surface area (Å²) in [5.74, 6) is -1.18. The van der Waals surface area contributed by atoms with Crippen molar-refractivity contribution in [1.29, 1.82) is 0 Å². The van der Waals surface area contributed by atoms with E-state index in [2.05, 4.69) is 0 Å². The SMILES string of the molecule is COC(=O)[C@H]1[C@@H](c2ccccc2)N2CCc3c(n(S(=O)(=O)c4ccccc4)c4ccccc34)[C@@H]1O2. The molecule has 2 aliphatic heterocycles. The lowest BCUT2D eigenvalue weighted by Gasteiger charge is -2.26. The summed E-state index contributed by atoms with van der Waals surface area (Å²) in [6, 6.07) is 25.1. The Morgan fingerprint density at radius 1 is 0.943 bits per heavy atom. The number of carbonyl (C=O) groups is 1. The summed E-state index contributed by atoms with van der Waals surface area (Å²) in [4.78, 5) is 19.8. The van der Waals surface area contributed by atoms with Crippen molar-refractivity contribution < 1.29 is 22.8 Å². The van der Waals surface area contributed by atoms with Crippen LogP contribution in [0.1, 0.15) is 29.0 Å². The fourth-order valence-corrected chi connectivity index (χ4v) is 7.07. The molecule has 0 amide bonds. The van der Waals surface area contributed by atoms with E-state index in [-0.39, 0.29) is 4.90 Å². The smallest absolute Gasteiger partial charge is 0.313 e. The van der Waals surface area contributed by atoms with Gasteiger partial charge < -0.3 is 4.74 Å². The number of benzene rings is 3. The van der Waals surface area contributed by atoms with Gasteiger partial charge in [-0.05, 0) is 35.7 Å². The van der Waals surface area contributed by atoms with Crippen LogP contribution in [0, 0.1) is 5.92 Å². The third-order valence-corrected chi connectivity index (χ3v) is 8.69. The Morgan fingerprint density at radius 3 is 2.31 bits per heavy atom. The van der Waals surface area contributed by atoms with Crippen LogP contribution in [0.3, 0.4) is 0 Å². The first kappa shape index (κ1) is 22.0. The summed E-state index contributed by atoms with van der Waals surface area (Å²) in [5, 5.41) is 2.66. The minimum absolute atomic E-state index is 0.178. The van der Waals surface area contributed by atoms with Gasteiger partial charge in [0.15, 0.2) is 0 Å². The molecule has 0 aliphatic carbocycles. The first-order valence-corrected chi connectivity index (χ1v) is 13.0. The molecule has 1 fully saturated rings. The second kappa shape index (κ2) is 8.34. The molecular weight excluding hydrogens is 464 g/mol. The number of rotatable bonds is 4. The molecule has 2 aliphatic rings. The number of nitrogens with zero attached hydrogens (tertiary/aromatic N) is 2. The number of ether oxygens (including phenoxy) is 1. The molecule has 1 unspecified atom stereocenters. The minimum atomic E-state index is -3.98. The maximum atomic E-state index is 14.0. The van der Waals surface area contributed by atoms with Crippen molar-refractivity contribution in [2.45, 2.75) is 23.5 Å². The van der Waals surface area contributed by atoms with Gasteiger partial charge in [0.25, 0.3) is 10.0 Å². The molecule has 2 bridgehead atoms. The van der Waals surface area contributed by atoms with E-state index in [4.69, 9.17) is 9.57 Å². The van der Waals surface area contributed by atoms with Crippen LogP contribution in [0.4, 0.5) is 0 Å². The van der Waals surface area contributed by atoms with Crippen molar-refractivity contribution >= 4 is 26.9 Å². The standard InChI is InChI=1S/C27H24N2O5S/c1-33-27(30)23-24(18-10-4-2-5-11-18)28-17-16-21-20-14-8-9-15-22(20)29(25(21)26(23)34-28)35(31,32)19-12-6-3-7-13-19/h2-15,23-24,26H,16-17H2,1H3/t23-,24+,26+/m0/s1. The van der Waals surface area contributed by atoms with E-state index in [0.717, 1.165) is 16.5 Å². The molecule has 178 valence electrons. The van der Waals surface area contributed by atoms with Crippen LogP contribution >= 0.6 is 0 Å². The lowest BCUT2D eigenvalue weighted by Crippen LogP contribution is -2.32. The maximum Gasteiger partial charge on any atom is 0.313 e. The molecule has 1 aromatic heterocycles. The molecule has 0 spiro atoms. The van der Waals surface area contributed by atoms with E-state index >= 15 is 0 Å². The second-order valence-corrected chi connectivity index (χ2v) is 10.6.